The Balaban J connectivity index is 0.00000289. The number of piperidine rings is 1. The highest BCUT2D eigenvalue weighted by Crippen LogP contribution is 2.34. The highest BCUT2D eigenvalue weighted by Gasteiger charge is 2.13. The molecule has 4 aromatic carbocycles. The van der Waals surface area contributed by atoms with Crippen LogP contribution in [0.4, 0.5) is 4.39 Å². The molecule has 1 heterocycles. The van der Waals surface area contributed by atoms with Gasteiger partial charge in [-0.3, -0.25) is 0 Å². The topological polar surface area (TPSA) is 41.5 Å². The Morgan fingerprint density at radius 3 is 2.46 bits per heavy atom. The molecule has 5 heteroatoms. The third-order valence-corrected chi connectivity index (χ3v) is 6.72. The van der Waals surface area contributed by atoms with Crippen LogP contribution in [-0.2, 0) is 6.42 Å². The first-order valence-corrected chi connectivity index (χ1v) is 12.1. The highest BCUT2D eigenvalue weighted by atomic mass is 35.5. The summed E-state index contributed by atoms with van der Waals surface area (Å²) in [5, 5.41) is 15.6. The van der Waals surface area contributed by atoms with E-state index in [-0.39, 0.29) is 24.0 Å². The molecular weight excluding hydrogens is 461 g/mol. The van der Waals surface area contributed by atoms with Gasteiger partial charge in [-0.15, -0.1) is 12.4 Å². The molecule has 3 nitrogen and oxygen atoms in total. The van der Waals surface area contributed by atoms with Crippen molar-refractivity contribution in [3.05, 3.63) is 95.8 Å². The monoisotopic (exact) mass is 491 g/mol. The van der Waals surface area contributed by atoms with Gasteiger partial charge in [0.1, 0.15) is 17.3 Å². The van der Waals surface area contributed by atoms with Crippen molar-refractivity contribution in [3.8, 4) is 22.6 Å². The molecule has 5 rings (SSSR count). The molecule has 0 aliphatic carbocycles. The molecule has 0 saturated carbocycles. The highest BCUT2D eigenvalue weighted by molar-refractivity contribution is 5.93. The normalized spacial score (nSPS) is 15.5. The minimum atomic E-state index is -0.245. The van der Waals surface area contributed by atoms with Crippen molar-refractivity contribution in [2.75, 3.05) is 13.2 Å². The van der Waals surface area contributed by atoms with Crippen LogP contribution < -0.4 is 10.1 Å². The quantitative estimate of drug-likeness (QED) is 0.285. The molecule has 1 aliphatic heterocycles. The molecule has 1 atom stereocenters. The lowest BCUT2D eigenvalue weighted by Crippen LogP contribution is -2.35. The van der Waals surface area contributed by atoms with E-state index in [1.54, 1.807) is 12.1 Å². The van der Waals surface area contributed by atoms with Crippen molar-refractivity contribution in [2.24, 2.45) is 0 Å². The van der Waals surface area contributed by atoms with E-state index in [2.05, 4.69) is 23.5 Å². The van der Waals surface area contributed by atoms with Crippen molar-refractivity contribution < 1.29 is 14.2 Å². The largest absolute Gasteiger partial charge is 0.508 e. The Morgan fingerprint density at radius 1 is 0.914 bits per heavy atom. The van der Waals surface area contributed by atoms with Crippen molar-refractivity contribution in [2.45, 2.75) is 38.1 Å². The van der Waals surface area contributed by atoms with Gasteiger partial charge in [0, 0.05) is 6.04 Å². The number of halogens is 2. The number of benzene rings is 4. The second-order valence-corrected chi connectivity index (χ2v) is 9.11. The van der Waals surface area contributed by atoms with Gasteiger partial charge in [-0.25, -0.2) is 4.39 Å². The molecule has 1 saturated heterocycles. The molecule has 0 amide bonds. The summed E-state index contributed by atoms with van der Waals surface area (Å²) in [6, 6.07) is 25.0. The van der Waals surface area contributed by atoms with E-state index in [0.29, 0.717) is 6.04 Å². The maximum atomic E-state index is 13.5. The molecule has 35 heavy (non-hydrogen) atoms. The molecule has 182 valence electrons. The summed E-state index contributed by atoms with van der Waals surface area (Å²) in [6.45, 7) is 1.84. The molecule has 0 aromatic heterocycles. The fourth-order valence-corrected chi connectivity index (χ4v) is 4.87. The predicted molar refractivity (Wildman–Crippen MR) is 143 cm³/mol. The number of ether oxygens (including phenoxy) is 1. The number of phenolic OH excluding ortho intramolecular Hbond substituents is 1. The number of fused-ring (bicyclic) bond motifs is 1. The standard InChI is InChI=1S/C30H30FNO2.ClH/c31-24-9-6-22(7-10-24)28-14-8-23-20-26(33)11-15-29(23)30(28)19-21-4-12-27(13-5-21)34-18-16-25-3-1-2-17-32-25;/h4-15,20,25,32-33H,1-3,16-19H2;1H. The number of aromatic hydroxyl groups is 1. The van der Waals surface area contributed by atoms with E-state index in [4.69, 9.17) is 4.74 Å². The second kappa shape index (κ2) is 11.6. The first kappa shape index (κ1) is 25.0. The Bertz CT molecular complexity index is 1250. The zero-order valence-corrected chi connectivity index (χ0v) is 20.5. The maximum absolute atomic E-state index is 13.5. The minimum Gasteiger partial charge on any atom is -0.508 e. The van der Waals surface area contributed by atoms with Crippen LogP contribution in [0.3, 0.4) is 0 Å². The van der Waals surface area contributed by atoms with Gasteiger partial charge in [-0.1, -0.05) is 48.9 Å². The number of rotatable bonds is 7. The summed E-state index contributed by atoms with van der Waals surface area (Å²) in [4.78, 5) is 0. The van der Waals surface area contributed by atoms with Crippen LogP contribution >= 0.6 is 12.4 Å². The van der Waals surface area contributed by atoms with Crippen LogP contribution in [-0.4, -0.2) is 24.3 Å². The number of hydrogen-bond donors (Lipinski definition) is 2. The predicted octanol–water partition coefficient (Wildman–Crippen LogP) is 7.28. The first-order valence-electron chi connectivity index (χ1n) is 12.1. The molecule has 1 unspecified atom stereocenters. The van der Waals surface area contributed by atoms with Gasteiger partial charge in [-0.2, -0.15) is 0 Å². The molecular formula is C30H31ClFNO2. The SMILES string of the molecule is Cl.Oc1ccc2c(Cc3ccc(OCCC4CCCCN4)cc3)c(-c3ccc(F)cc3)ccc2c1. The Kier molecular flexibility index (Phi) is 8.27. The van der Waals surface area contributed by atoms with Gasteiger partial charge in [0.15, 0.2) is 0 Å². The smallest absolute Gasteiger partial charge is 0.123 e. The lowest BCUT2D eigenvalue weighted by Gasteiger charge is -2.23. The minimum absolute atomic E-state index is 0. The van der Waals surface area contributed by atoms with Gasteiger partial charge in [0.05, 0.1) is 6.61 Å². The third kappa shape index (κ3) is 6.14. The molecule has 1 aliphatic rings. The fourth-order valence-electron chi connectivity index (χ4n) is 4.87. The second-order valence-electron chi connectivity index (χ2n) is 9.11. The fraction of sp³-hybridized carbons (Fsp3) is 0.267. The molecule has 1 fully saturated rings. The lowest BCUT2D eigenvalue weighted by molar-refractivity contribution is 0.268. The van der Waals surface area contributed by atoms with Crippen LogP contribution in [0.1, 0.15) is 36.8 Å². The summed E-state index contributed by atoms with van der Waals surface area (Å²) >= 11 is 0. The average molecular weight is 492 g/mol. The van der Waals surface area contributed by atoms with E-state index in [1.807, 2.05) is 36.4 Å². The summed E-state index contributed by atoms with van der Waals surface area (Å²) in [6.07, 6.45) is 5.58. The van der Waals surface area contributed by atoms with Gasteiger partial charge < -0.3 is 15.2 Å². The lowest BCUT2D eigenvalue weighted by atomic mass is 9.90. The molecule has 0 bridgehead atoms. The van der Waals surface area contributed by atoms with E-state index in [0.717, 1.165) is 59.2 Å². The van der Waals surface area contributed by atoms with E-state index >= 15 is 0 Å². The zero-order valence-electron chi connectivity index (χ0n) is 19.7. The Labute approximate surface area is 212 Å². The van der Waals surface area contributed by atoms with Crippen LogP contribution in [0.5, 0.6) is 11.5 Å². The molecule has 2 N–H and O–H groups in total. The van der Waals surface area contributed by atoms with E-state index in [9.17, 15) is 9.50 Å². The van der Waals surface area contributed by atoms with Crippen molar-refractivity contribution in [1.29, 1.82) is 0 Å². The van der Waals surface area contributed by atoms with Crippen LogP contribution in [0.15, 0.2) is 78.9 Å². The van der Waals surface area contributed by atoms with E-state index in [1.165, 1.54) is 37.0 Å². The molecule has 0 radical (unpaired) electrons. The van der Waals surface area contributed by atoms with Crippen LogP contribution in [0, 0.1) is 5.82 Å². The molecule has 0 spiro atoms. The Morgan fingerprint density at radius 2 is 1.71 bits per heavy atom. The van der Waals surface area contributed by atoms with Crippen LogP contribution in [0.2, 0.25) is 0 Å². The first-order chi connectivity index (χ1) is 16.7. The van der Waals surface area contributed by atoms with Crippen molar-refractivity contribution in [3.63, 3.8) is 0 Å². The van der Waals surface area contributed by atoms with Gasteiger partial charge in [0.2, 0.25) is 0 Å². The van der Waals surface area contributed by atoms with Gasteiger partial charge >= 0.3 is 0 Å². The van der Waals surface area contributed by atoms with Gasteiger partial charge in [-0.05, 0) is 102 Å². The summed E-state index contributed by atoms with van der Waals surface area (Å²) in [7, 11) is 0. The summed E-state index contributed by atoms with van der Waals surface area (Å²) in [5.74, 6) is 0.893. The van der Waals surface area contributed by atoms with Crippen molar-refractivity contribution in [1.82, 2.24) is 5.32 Å². The van der Waals surface area contributed by atoms with Gasteiger partial charge in [0.25, 0.3) is 0 Å². The van der Waals surface area contributed by atoms with Crippen molar-refractivity contribution >= 4 is 23.2 Å². The Hall–Kier alpha value is -3.08. The number of hydrogen-bond acceptors (Lipinski definition) is 3. The number of phenols is 1. The van der Waals surface area contributed by atoms with Crippen LogP contribution in [0.25, 0.3) is 21.9 Å². The zero-order chi connectivity index (χ0) is 23.3. The third-order valence-electron chi connectivity index (χ3n) is 6.72. The summed E-state index contributed by atoms with van der Waals surface area (Å²) in [5.41, 5.74) is 4.37. The van der Waals surface area contributed by atoms with E-state index < -0.39 is 0 Å². The number of nitrogens with one attached hydrogen (secondary N) is 1. The molecule has 4 aromatic rings. The average Bonchev–Trinajstić information content (AvgIpc) is 2.86. The summed E-state index contributed by atoms with van der Waals surface area (Å²) < 4.78 is 19.5. The maximum Gasteiger partial charge on any atom is 0.123 e.